The first-order chi connectivity index (χ1) is 15.5. The van der Waals surface area contributed by atoms with Crippen LogP contribution in [0.2, 0.25) is 5.02 Å². The minimum Gasteiger partial charge on any atom is -0.457 e. The number of likely N-dealkylation sites (tertiary alicyclic amines) is 1. The first-order valence-electron chi connectivity index (χ1n) is 9.98. The SMILES string of the molecule is Nc1nc(COC(=O)[C@H]2CC(=O)N(Cc3ccccc3Cl)C2)nc(Nc2ccccc2)n1. The van der Waals surface area contributed by atoms with Gasteiger partial charge in [0.25, 0.3) is 0 Å². The number of benzene rings is 2. The standard InChI is InChI=1S/C22H21ClN6O3/c23-17-9-5-4-6-14(17)11-29-12-15(10-19(29)30)20(31)32-13-18-26-21(24)28-22(27-18)25-16-7-2-1-3-8-16/h1-9,15H,10-13H2,(H3,24,25,26,27,28)/t15-/m0/s1. The number of rotatable bonds is 7. The van der Waals surface area contributed by atoms with Gasteiger partial charge in [-0.2, -0.15) is 15.0 Å². The zero-order valence-electron chi connectivity index (χ0n) is 17.1. The molecular weight excluding hydrogens is 432 g/mol. The number of para-hydroxylation sites is 1. The molecule has 0 unspecified atom stereocenters. The number of carbonyl (C=O) groups excluding carboxylic acids is 2. The lowest BCUT2D eigenvalue weighted by atomic mass is 10.1. The van der Waals surface area contributed by atoms with E-state index in [9.17, 15) is 9.59 Å². The Balaban J connectivity index is 1.34. The van der Waals surface area contributed by atoms with Crippen LogP contribution in [0.25, 0.3) is 0 Å². The van der Waals surface area contributed by atoms with Crippen molar-refractivity contribution in [1.82, 2.24) is 19.9 Å². The second-order valence-corrected chi connectivity index (χ2v) is 7.71. The smallest absolute Gasteiger partial charge is 0.311 e. The van der Waals surface area contributed by atoms with Crippen molar-refractivity contribution in [3.8, 4) is 0 Å². The molecule has 1 aromatic heterocycles. The number of anilines is 3. The third-order valence-electron chi connectivity index (χ3n) is 4.94. The average molecular weight is 453 g/mol. The zero-order chi connectivity index (χ0) is 22.5. The number of aromatic nitrogens is 3. The Morgan fingerprint density at radius 1 is 1.12 bits per heavy atom. The van der Waals surface area contributed by atoms with Crippen molar-refractivity contribution in [2.24, 2.45) is 5.92 Å². The van der Waals surface area contributed by atoms with Gasteiger partial charge in [0.2, 0.25) is 17.8 Å². The number of carbonyl (C=O) groups is 2. The first kappa shape index (κ1) is 21.5. The Labute approximate surface area is 189 Å². The summed E-state index contributed by atoms with van der Waals surface area (Å²) in [6.45, 7) is 0.439. The first-order valence-corrected chi connectivity index (χ1v) is 10.4. The van der Waals surface area contributed by atoms with E-state index in [0.29, 0.717) is 11.6 Å². The van der Waals surface area contributed by atoms with Crippen molar-refractivity contribution in [2.75, 3.05) is 17.6 Å². The summed E-state index contributed by atoms with van der Waals surface area (Å²) < 4.78 is 5.36. The van der Waals surface area contributed by atoms with Crippen LogP contribution >= 0.6 is 11.6 Å². The lowest BCUT2D eigenvalue weighted by Crippen LogP contribution is -2.26. The number of nitrogens with two attached hydrogens (primary N) is 1. The lowest BCUT2D eigenvalue weighted by molar-refractivity contribution is -0.150. The lowest BCUT2D eigenvalue weighted by Gasteiger charge is -2.17. The molecule has 1 saturated heterocycles. The normalized spacial score (nSPS) is 15.6. The van der Waals surface area contributed by atoms with Crippen LogP contribution in [0.4, 0.5) is 17.6 Å². The molecule has 0 radical (unpaired) electrons. The molecule has 2 aromatic carbocycles. The van der Waals surface area contributed by atoms with Crippen LogP contribution in [-0.4, -0.2) is 38.3 Å². The minimum absolute atomic E-state index is 0.00596. The van der Waals surface area contributed by atoms with Gasteiger partial charge in [0.15, 0.2) is 12.4 Å². The van der Waals surface area contributed by atoms with Crippen molar-refractivity contribution in [1.29, 1.82) is 0 Å². The van der Waals surface area contributed by atoms with Gasteiger partial charge >= 0.3 is 5.97 Å². The Bertz CT molecular complexity index is 1130. The van der Waals surface area contributed by atoms with Gasteiger partial charge in [0, 0.05) is 30.2 Å². The molecule has 3 aromatic rings. The van der Waals surface area contributed by atoms with Gasteiger partial charge in [-0.15, -0.1) is 0 Å². The molecule has 2 heterocycles. The van der Waals surface area contributed by atoms with Crippen LogP contribution in [0.5, 0.6) is 0 Å². The predicted octanol–water partition coefficient (Wildman–Crippen LogP) is 2.94. The molecule has 0 bridgehead atoms. The van der Waals surface area contributed by atoms with E-state index in [4.69, 9.17) is 22.1 Å². The van der Waals surface area contributed by atoms with Crippen molar-refractivity contribution >= 4 is 41.1 Å². The van der Waals surface area contributed by atoms with E-state index < -0.39 is 11.9 Å². The summed E-state index contributed by atoms with van der Waals surface area (Å²) in [6.07, 6.45) is 0.0867. The fourth-order valence-electron chi connectivity index (χ4n) is 3.38. The molecule has 32 heavy (non-hydrogen) atoms. The molecular formula is C22H21ClN6O3. The number of hydrogen-bond acceptors (Lipinski definition) is 8. The van der Waals surface area contributed by atoms with E-state index in [0.717, 1.165) is 11.3 Å². The summed E-state index contributed by atoms with van der Waals surface area (Å²) in [5.74, 6) is -0.710. The van der Waals surface area contributed by atoms with Gasteiger partial charge in [0.1, 0.15) is 0 Å². The quantitative estimate of drug-likeness (QED) is 0.524. The molecule has 1 atom stereocenters. The molecule has 0 spiro atoms. The Kier molecular flexibility index (Phi) is 6.46. The molecule has 4 rings (SSSR count). The molecule has 10 heteroatoms. The maximum Gasteiger partial charge on any atom is 0.311 e. The number of esters is 1. The monoisotopic (exact) mass is 452 g/mol. The summed E-state index contributed by atoms with van der Waals surface area (Å²) in [6, 6.07) is 16.6. The molecule has 0 saturated carbocycles. The van der Waals surface area contributed by atoms with E-state index in [1.54, 1.807) is 11.0 Å². The van der Waals surface area contributed by atoms with Gasteiger partial charge in [-0.1, -0.05) is 48.0 Å². The van der Waals surface area contributed by atoms with Crippen molar-refractivity contribution in [3.05, 3.63) is 71.0 Å². The largest absolute Gasteiger partial charge is 0.457 e. The Hall–Kier alpha value is -3.72. The van der Waals surface area contributed by atoms with Crippen LogP contribution in [-0.2, 0) is 27.5 Å². The Morgan fingerprint density at radius 3 is 2.66 bits per heavy atom. The van der Waals surface area contributed by atoms with Gasteiger partial charge in [0.05, 0.1) is 5.92 Å². The third kappa shape index (κ3) is 5.30. The molecule has 1 fully saturated rings. The molecule has 9 nitrogen and oxygen atoms in total. The van der Waals surface area contributed by atoms with Crippen LogP contribution in [0.3, 0.4) is 0 Å². The number of nitrogens with one attached hydrogen (secondary N) is 1. The fourth-order valence-corrected chi connectivity index (χ4v) is 3.57. The summed E-state index contributed by atoms with van der Waals surface area (Å²) >= 11 is 6.18. The predicted molar refractivity (Wildman–Crippen MR) is 119 cm³/mol. The van der Waals surface area contributed by atoms with Crippen molar-refractivity contribution < 1.29 is 14.3 Å². The fraction of sp³-hybridized carbons (Fsp3) is 0.227. The van der Waals surface area contributed by atoms with E-state index in [2.05, 4.69) is 20.3 Å². The summed E-state index contributed by atoms with van der Waals surface area (Å²) in [5.41, 5.74) is 7.37. The van der Waals surface area contributed by atoms with E-state index in [1.807, 2.05) is 48.5 Å². The summed E-state index contributed by atoms with van der Waals surface area (Å²) in [7, 11) is 0. The van der Waals surface area contributed by atoms with Crippen molar-refractivity contribution in [3.63, 3.8) is 0 Å². The average Bonchev–Trinajstić information content (AvgIpc) is 3.14. The number of ether oxygens (including phenoxy) is 1. The number of nitrogen functional groups attached to an aromatic ring is 1. The molecule has 164 valence electrons. The molecule has 3 N–H and O–H groups in total. The number of nitrogens with zero attached hydrogens (tertiary/aromatic N) is 4. The van der Waals surface area contributed by atoms with E-state index in [-0.39, 0.29) is 43.2 Å². The van der Waals surface area contributed by atoms with Crippen molar-refractivity contribution in [2.45, 2.75) is 19.6 Å². The number of amides is 1. The highest BCUT2D eigenvalue weighted by molar-refractivity contribution is 6.31. The van der Waals surface area contributed by atoms with Crippen LogP contribution in [0.15, 0.2) is 54.6 Å². The van der Waals surface area contributed by atoms with Crippen LogP contribution < -0.4 is 11.1 Å². The van der Waals surface area contributed by atoms with Gasteiger partial charge in [-0.25, -0.2) is 0 Å². The van der Waals surface area contributed by atoms with Gasteiger partial charge < -0.3 is 20.7 Å². The summed E-state index contributed by atoms with van der Waals surface area (Å²) in [4.78, 5) is 38.8. The molecule has 1 aliphatic rings. The topological polar surface area (TPSA) is 123 Å². The number of halogens is 1. The highest BCUT2D eigenvalue weighted by Crippen LogP contribution is 2.24. The highest BCUT2D eigenvalue weighted by atomic mass is 35.5. The van der Waals surface area contributed by atoms with E-state index >= 15 is 0 Å². The van der Waals surface area contributed by atoms with Gasteiger partial charge in [-0.3, -0.25) is 9.59 Å². The highest BCUT2D eigenvalue weighted by Gasteiger charge is 2.35. The minimum atomic E-state index is -0.564. The summed E-state index contributed by atoms with van der Waals surface area (Å²) in [5, 5.41) is 3.60. The second kappa shape index (κ2) is 9.61. The van der Waals surface area contributed by atoms with Gasteiger partial charge in [-0.05, 0) is 23.8 Å². The van der Waals surface area contributed by atoms with E-state index in [1.165, 1.54) is 0 Å². The molecule has 1 amide bonds. The molecule has 1 aliphatic heterocycles. The van der Waals surface area contributed by atoms with Crippen LogP contribution in [0.1, 0.15) is 17.8 Å². The number of hydrogen-bond donors (Lipinski definition) is 2. The molecule has 0 aliphatic carbocycles. The zero-order valence-corrected chi connectivity index (χ0v) is 17.8. The van der Waals surface area contributed by atoms with Crippen LogP contribution in [0, 0.1) is 5.92 Å². The second-order valence-electron chi connectivity index (χ2n) is 7.30. The maximum atomic E-state index is 12.5. The maximum absolute atomic E-state index is 12.5. The Morgan fingerprint density at radius 2 is 1.88 bits per heavy atom. The third-order valence-corrected chi connectivity index (χ3v) is 5.31.